The van der Waals surface area contributed by atoms with Crippen molar-refractivity contribution in [3.8, 4) is 0 Å². The highest BCUT2D eigenvalue weighted by Gasteiger charge is 2.18. The zero-order chi connectivity index (χ0) is 12.3. The SMILES string of the molecule is COCC(Nc1ncnc2ccsc12)C(=O)O. The summed E-state index contributed by atoms with van der Waals surface area (Å²) in [5.41, 5.74) is 0.800. The van der Waals surface area contributed by atoms with E-state index in [9.17, 15) is 4.79 Å². The molecule has 2 aromatic rings. The number of aromatic nitrogens is 2. The van der Waals surface area contributed by atoms with E-state index < -0.39 is 12.0 Å². The van der Waals surface area contributed by atoms with Gasteiger partial charge in [0.2, 0.25) is 0 Å². The first-order valence-electron chi connectivity index (χ1n) is 4.89. The van der Waals surface area contributed by atoms with Crippen molar-refractivity contribution in [3.05, 3.63) is 17.8 Å². The summed E-state index contributed by atoms with van der Waals surface area (Å²) >= 11 is 1.46. The van der Waals surface area contributed by atoms with Crippen LogP contribution in [0.5, 0.6) is 0 Å². The molecular formula is C10H11N3O3S. The van der Waals surface area contributed by atoms with Gasteiger partial charge in [0.15, 0.2) is 0 Å². The molecule has 1 atom stereocenters. The lowest BCUT2D eigenvalue weighted by Crippen LogP contribution is -2.33. The van der Waals surface area contributed by atoms with E-state index >= 15 is 0 Å². The van der Waals surface area contributed by atoms with Crippen LogP contribution in [0.2, 0.25) is 0 Å². The van der Waals surface area contributed by atoms with E-state index in [0.29, 0.717) is 5.82 Å². The van der Waals surface area contributed by atoms with Crippen molar-refractivity contribution in [2.75, 3.05) is 19.0 Å². The molecule has 6 nitrogen and oxygen atoms in total. The van der Waals surface area contributed by atoms with Crippen LogP contribution in [0.4, 0.5) is 5.82 Å². The monoisotopic (exact) mass is 253 g/mol. The number of carboxylic acid groups (broad SMARTS) is 1. The fourth-order valence-corrected chi connectivity index (χ4v) is 2.20. The summed E-state index contributed by atoms with van der Waals surface area (Å²) in [5, 5.41) is 13.7. The third-order valence-electron chi connectivity index (χ3n) is 2.19. The Kier molecular flexibility index (Phi) is 3.50. The van der Waals surface area contributed by atoms with Gasteiger partial charge in [0.1, 0.15) is 18.2 Å². The van der Waals surface area contributed by atoms with Crippen molar-refractivity contribution in [2.24, 2.45) is 0 Å². The Hall–Kier alpha value is -1.73. The second-order valence-corrected chi connectivity index (χ2v) is 4.26. The standard InChI is InChI=1S/C10H11N3O3S/c1-16-4-7(10(14)15)13-9-8-6(2-3-17-8)11-5-12-9/h2-3,5,7H,4H2,1H3,(H,14,15)(H,11,12,13). The minimum Gasteiger partial charge on any atom is -0.480 e. The molecule has 2 N–H and O–H groups in total. The first-order chi connectivity index (χ1) is 8.22. The van der Waals surface area contributed by atoms with Crippen LogP contribution in [0.15, 0.2) is 17.8 Å². The third-order valence-corrected chi connectivity index (χ3v) is 3.10. The molecule has 1 unspecified atom stereocenters. The fraction of sp³-hybridized carbons (Fsp3) is 0.300. The van der Waals surface area contributed by atoms with Gasteiger partial charge in [0.05, 0.1) is 16.8 Å². The van der Waals surface area contributed by atoms with Crippen molar-refractivity contribution in [1.29, 1.82) is 0 Å². The van der Waals surface area contributed by atoms with Gasteiger partial charge < -0.3 is 15.2 Å². The lowest BCUT2D eigenvalue weighted by Gasteiger charge is -2.14. The normalized spacial score (nSPS) is 12.5. The molecule has 0 bridgehead atoms. The number of hydrogen-bond acceptors (Lipinski definition) is 6. The molecule has 0 amide bonds. The zero-order valence-corrected chi connectivity index (χ0v) is 9.90. The second kappa shape index (κ2) is 5.07. The first kappa shape index (κ1) is 11.7. The molecular weight excluding hydrogens is 242 g/mol. The smallest absolute Gasteiger partial charge is 0.328 e. The number of anilines is 1. The predicted molar refractivity (Wildman–Crippen MR) is 64.3 cm³/mol. The Labute approximate surface area is 101 Å². The van der Waals surface area contributed by atoms with Crippen LogP contribution in [-0.2, 0) is 9.53 Å². The molecule has 17 heavy (non-hydrogen) atoms. The number of rotatable bonds is 5. The summed E-state index contributed by atoms with van der Waals surface area (Å²) < 4.78 is 5.69. The summed E-state index contributed by atoms with van der Waals surface area (Å²) in [4.78, 5) is 19.1. The summed E-state index contributed by atoms with van der Waals surface area (Å²) in [6.07, 6.45) is 1.41. The summed E-state index contributed by atoms with van der Waals surface area (Å²) in [6.45, 7) is 0.0756. The van der Waals surface area contributed by atoms with E-state index in [0.717, 1.165) is 10.2 Å². The minimum absolute atomic E-state index is 0.0756. The molecule has 0 aromatic carbocycles. The molecule has 0 fully saturated rings. The van der Waals surface area contributed by atoms with Crippen LogP contribution in [-0.4, -0.2) is 40.8 Å². The average molecular weight is 253 g/mol. The van der Waals surface area contributed by atoms with Crippen LogP contribution in [0, 0.1) is 0 Å². The summed E-state index contributed by atoms with van der Waals surface area (Å²) in [7, 11) is 1.46. The summed E-state index contributed by atoms with van der Waals surface area (Å²) in [6, 6.07) is 1.04. The highest BCUT2D eigenvalue weighted by atomic mass is 32.1. The zero-order valence-electron chi connectivity index (χ0n) is 9.08. The van der Waals surface area contributed by atoms with Gasteiger partial charge in [-0.1, -0.05) is 0 Å². The van der Waals surface area contributed by atoms with E-state index in [-0.39, 0.29) is 6.61 Å². The molecule has 2 heterocycles. The minimum atomic E-state index is -0.977. The Balaban J connectivity index is 2.27. The molecule has 90 valence electrons. The Morgan fingerprint density at radius 2 is 2.47 bits per heavy atom. The van der Waals surface area contributed by atoms with E-state index in [1.807, 2.05) is 11.4 Å². The number of thiophene rings is 1. The molecule has 0 saturated heterocycles. The van der Waals surface area contributed by atoms with Crippen LogP contribution in [0.1, 0.15) is 0 Å². The van der Waals surface area contributed by atoms with Crippen molar-refractivity contribution in [1.82, 2.24) is 9.97 Å². The first-order valence-corrected chi connectivity index (χ1v) is 5.77. The van der Waals surface area contributed by atoms with Crippen LogP contribution in [0.3, 0.4) is 0 Å². The quantitative estimate of drug-likeness (QED) is 0.833. The van der Waals surface area contributed by atoms with Gasteiger partial charge in [-0.3, -0.25) is 0 Å². The molecule has 2 aromatic heterocycles. The number of aliphatic carboxylic acids is 1. The van der Waals surface area contributed by atoms with Gasteiger partial charge in [-0.2, -0.15) is 0 Å². The lowest BCUT2D eigenvalue weighted by atomic mass is 10.3. The fourth-order valence-electron chi connectivity index (χ4n) is 1.40. The van der Waals surface area contributed by atoms with Crippen LogP contribution < -0.4 is 5.32 Å². The molecule has 0 aliphatic rings. The highest BCUT2D eigenvalue weighted by molar-refractivity contribution is 7.17. The largest absolute Gasteiger partial charge is 0.480 e. The van der Waals surface area contributed by atoms with Crippen molar-refractivity contribution < 1.29 is 14.6 Å². The number of carboxylic acids is 1. The number of fused-ring (bicyclic) bond motifs is 1. The van der Waals surface area contributed by atoms with E-state index in [1.165, 1.54) is 24.8 Å². The van der Waals surface area contributed by atoms with Crippen molar-refractivity contribution >= 4 is 33.3 Å². The van der Waals surface area contributed by atoms with E-state index in [4.69, 9.17) is 9.84 Å². The van der Waals surface area contributed by atoms with Gasteiger partial charge in [0.25, 0.3) is 0 Å². The van der Waals surface area contributed by atoms with Gasteiger partial charge in [0, 0.05) is 7.11 Å². The number of methoxy groups -OCH3 is 1. The number of carbonyl (C=O) groups is 1. The maximum absolute atomic E-state index is 11.0. The molecule has 0 aliphatic carbocycles. The van der Waals surface area contributed by atoms with Gasteiger partial charge >= 0.3 is 5.97 Å². The average Bonchev–Trinajstić information content (AvgIpc) is 2.77. The number of nitrogens with zero attached hydrogens (tertiary/aromatic N) is 2. The van der Waals surface area contributed by atoms with Crippen molar-refractivity contribution in [3.63, 3.8) is 0 Å². The number of hydrogen-bond donors (Lipinski definition) is 2. The van der Waals surface area contributed by atoms with Crippen LogP contribution in [0.25, 0.3) is 10.2 Å². The van der Waals surface area contributed by atoms with Gasteiger partial charge in [-0.05, 0) is 11.4 Å². The Bertz CT molecular complexity index is 528. The number of nitrogens with one attached hydrogen (secondary N) is 1. The third kappa shape index (κ3) is 2.51. The molecule has 0 spiro atoms. The number of ether oxygens (including phenoxy) is 1. The van der Waals surface area contributed by atoms with E-state index in [1.54, 1.807) is 0 Å². The summed E-state index contributed by atoms with van der Waals surface area (Å²) in [5.74, 6) is -0.454. The van der Waals surface area contributed by atoms with Crippen LogP contribution >= 0.6 is 11.3 Å². The maximum atomic E-state index is 11.0. The topological polar surface area (TPSA) is 84.3 Å². The molecule has 0 saturated carbocycles. The predicted octanol–water partition coefficient (Wildman–Crippen LogP) is 1.20. The second-order valence-electron chi connectivity index (χ2n) is 3.35. The highest BCUT2D eigenvalue weighted by Crippen LogP contribution is 2.25. The Morgan fingerprint density at radius 1 is 1.65 bits per heavy atom. The molecule has 7 heteroatoms. The Morgan fingerprint density at radius 3 is 3.18 bits per heavy atom. The maximum Gasteiger partial charge on any atom is 0.328 e. The lowest BCUT2D eigenvalue weighted by molar-refractivity contribution is -0.139. The van der Waals surface area contributed by atoms with Crippen molar-refractivity contribution in [2.45, 2.75) is 6.04 Å². The van der Waals surface area contributed by atoms with E-state index in [2.05, 4.69) is 15.3 Å². The molecule has 0 aliphatic heterocycles. The molecule has 0 radical (unpaired) electrons. The van der Waals surface area contributed by atoms with Gasteiger partial charge in [-0.25, -0.2) is 14.8 Å². The van der Waals surface area contributed by atoms with Gasteiger partial charge in [-0.15, -0.1) is 11.3 Å². The molecule has 2 rings (SSSR count).